The molecule has 5 nitrogen and oxygen atoms in total. The highest BCUT2D eigenvalue weighted by molar-refractivity contribution is 6.03. The van der Waals surface area contributed by atoms with E-state index in [4.69, 9.17) is 0 Å². The van der Waals surface area contributed by atoms with Gasteiger partial charge in [0.1, 0.15) is 5.82 Å². The van der Waals surface area contributed by atoms with Gasteiger partial charge in [0.2, 0.25) is 0 Å². The van der Waals surface area contributed by atoms with Crippen LogP contribution in [0.5, 0.6) is 0 Å². The van der Waals surface area contributed by atoms with E-state index in [1.807, 2.05) is 32.0 Å². The molecule has 0 saturated carbocycles. The third-order valence-electron chi connectivity index (χ3n) is 3.57. The number of para-hydroxylation sites is 1. The Morgan fingerprint density at radius 2 is 1.70 bits per heavy atom. The summed E-state index contributed by atoms with van der Waals surface area (Å²) < 4.78 is 0. The van der Waals surface area contributed by atoms with E-state index in [0.717, 1.165) is 29.7 Å². The number of nitrogens with one attached hydrogen (secondary N) is 2. The molecule has 0 bridgehead atoms. The normalized spacial score (nSPS) is 10.7. The van der Waals surface area contributed by atoms with Gasteiger partial charge in [-0.1, -0.05) is 32.0 Å². The number of aromatic nitrogens is 2. The monoisotopic (exact) mass is 312 g/mol. The molecule has 0 radical (unpaired) electrons. The smallest absolute Gasteiger partial charge is 0.276 e. The molecule has 0 aliphatic carbocycles. The number of carbonyl (C=O) groups is 1. The molecule has 5 heteroatoms. The van der Waals surface area contributed by atoms with Crippen molar-refractivity contribution in [3.05, 3.63) is 47.2 Å². The van der Waals surface area contributed by atoms with Crippen LogP contribution in [0.15, 0.2) is 30.3 Å². The van der Waals surface area contributed by atoms with Gasteiger partial charge in [0, 0.05) is 11.7 Å². The second kappa shape index (κ2) is 7.72. The van der Waals surface area contributed by atoms with Gasteiger partial charge in [-0.25, -0.2) is 0 Å². The van der Waals surface area contributed by atoms with Crippen molar-refractivity contribution in [2.45, 2.75) is 46.6 Å². The quantitative estimate of drug-likeness (QED) is 0.854. The van der Waals surface area contributed by atoms with Crippen LogP contribution in [0.1, 0.15) is 49.3 Å². The lowest BCUT2D eigenvalue weighted by Gasteiger charge is -2.14. The van der Waals surface area contributed by atoms with E-state index in [1.54, 1.807) is 12.1 Å². The minimum absolute atomic E-state index is 0.232. The summed E-state index contributed by atoms with van der Waals surface area (Å²) >= 11 is 0. The summed E-state index contributed by atoms with van der Waals surface area (Å²) in [6.45, 7) is 8.21. The Morgan fingerprint density at radius 3 is 2.17 bits per heavy atom. The molecule has 1 aromatic heterocycles. The lowest BCUT2D eigenvalue weighted by molar-refractivity contribution is 0.102. The maximum absolute atomic E-state index is 12.4. The summed E-state index contributed by atoms with van der Waals surface area (Å²) in [6.07, 6.45) is 1.73. The SMILES string of the molecule is CCc1cccc(CC)c1NC(=O)c1ccc(NC(C)C)nn1. The maximum atomic E-state index is 12.4. The Hall–Kier alpha value is -2.43. The Morgan fingerprint density at radius 1 is 1.04 bits per heavy atom. The van der Waals surface area contributed by atoms with Gasteiger partial charge < -0.3 is 10.6 Å². The number of hydrogen-bond donors (Lipinski definition) is 2. The average molecular weight is 312 g/mol. The molecule has 0 fully saturated rings. The van der Waals surface area contributed by atoms with Crippen LogP contribution in [0.3, 0.4) is 0 Å². The second-order valence-electron chi connectivity index (χ2n) is 5.72. The number of rotatable bonds is 6. The largest absolute Gasteiger partial charge is 0.366 e. The van der Waals surface area contributed by atoms with E-state index in [0.29, 0.717) is 11.5 Å². The highest BCUT2D eigenvalue weighted by Crippen LogP contribution is 2.23. The van der Waals surface area contributed by atoms with Gasteiger partial charge in [-0.15, -0.1) is 10.2 Å². The predicted molar refractivity (Wildman–Crippen MR) is 93.9 cm³/mol. The Kier molecular flexibility index (Phi) is 5.68. The zero-order valence-electron chi connectivity index (χ0n) is 14.2. The first-order chi connectivity index (χ1) is 11.0. The third kappa shape index (κ3) is 4.28. The number of carbonyl (C=O) groups excluding carboxylic acids is 1. The molecule has 2 aromatic rings. The zero-order valence-corrected chi connectivity index (χ0v) is 14.2. The van der Waals surface area contributed by atoms with Gasteiger partial charge in [-0.05, 0) is 49.9 Å². The molecule has 1 heterocycles. The summed E-state index contributed by atoms with van der Waals surface area (Å²) in [6, 6.07) is 9.83. The molecule has 0 atom stereocenters. The van der Waals surface area contributed by atoms with Gasteiger partial charge in [-0.3, -0.25) is 4.79 Å². The molecule has 0 unspecified atom stereocenters. The Bertz CT molecular complexity index is 643. The van der Waals surface area contributed by atoms with Crippen molar-refractivity contribution in [2.75, 3.05) is 10.6 Å². The highest BCUT2D eigenvalue weighted by atomic mass is 16.1. The number of anilines is 2. The van der Waals surface area contributed by atoms with Crippen LogP contribution in [0.2, 0.25) is 0 Å². The summed E-state index contributed by atoms with van der Waals surface area (Å²) in [5, 5.41) is 14.2. The van der Waals surface area contributed by atoms with Gasteiger partial charge >= 0.3 is 0 Å². The van der Waals surface area contributed by atoms with E-state index in [1.165, 1.54) is 0 Å². The predicted octanol–water partition coefficient (Wildman–Crippen LogP) is 3.67. The average Bonchev–Trinajstić information content (AvgIpc) is 2.55. The van der Waals surface area contributed by atoms with Crippen LogP contribution in [0, 0.1) is 0 Å². The van der Waals surface area contributed by atoms with Gasteiger partial charge in [0.15, 0.2) is 5.69 Å². The van der Waals surface area contributed by atoms with E-state index in [9.17, 15) is 4.79 Å². The lowest BCUT2D eigenvalue weighted by Crippen LogP contribution is -2.18. The molecule has 0 aliphatic rings. The van der Waals surface area contributed by atoms with Crippen molar-refractivity contribution in [3.63, 3.8) is 0 Å². The van der Waals surface area contributed by atoms with Crippen molar-refractivity contribution in [3.8, 4) is 0 Å². The van der Waals surface area contributed by atoms with Crippen LogP contribution < -0.4 is 10.6 Å². The highest BCUT2D eigenvalue weighted by Gasteiger charge is 2.13. The molecular weight excluding hydrogens is 288 g/mol. The van der Waals surface area contributed by atoms with E-state index < -0.39 is 0 Å². The third-order valence-corrected chi connectivity index (χ3v) is 3.57. The van der Waals surface area contributed by atoms with Crippen LogP contribution in [-0.4, -0.2) is 22.1 Å². The minimum Gasteiger partial charge on any atom is -0.366 e. The number of nitrogens with zero attached hydrogens (tertiary/aromatic N) is 2. The van der Waals surface area contributed by atoms with Gasteiger partial charge in [0.05, 0.1) is 0 Å². The van der Waals surface area contributed by atoms with Crippen molar-refractivity contribution in [2.24, 2.45) is 0 Å². The van der Waals surface area contributed by atoms with E-state index >= 15 is 0 Å². The molecule has 0 saturated heterocycles. The molecule has 0 aliphatic heterocycles. The fraction of sp³-hybridized carbons (Fsp3) is 0.389. The molecule has 1 aromatic carbocycles. The van der Waals surface area contributed by atoms with Gasteiger partial charge in [-0.2, -0.15) is 0 Å². The van der Waals surface area contributed by atoms with E-state index in [2.05, 4.69) is 34.7 Å². The summed E-state index contributed by atoms with van der Waals surface area (Å²) in [5.74, 6) is 0.434. The minimum atomic E-state index is -0.232. The summed E-state index contributed by atoms with van der Waals surface area (Å²) in [7, 11) is 0. The Labute approximate surface area is 137 Å². The lowest BCUT2D eigenvalue weighted by atomic mass is 10.0. The first-order valence-electron chi connectivity index (χ1n) is 8.07. The van der Waals surface area contributed by atoms with Crippen LogP contribution in [-0.2, 0) is 12.8 Å². The fourth-order valence-corrected chi connectivity index (χ4v) is 2.41. The first-order valence-corrected chi connectivity index (χ1v) is 8.07. The van der Waals surface area contributed by atoms with Crippen molar-refractivity contribution in [1.29, 1.82) is 0 Å². The van der Waals surface area contributed by atoms with Crippen LogP contribution in [0.25, 0.3) is 0 Å². The van der Waals surface area contributed by atoms with E-state index in [-0.39, 0.29) is 11.9 Å². The second-order valence-corrected chi connectivity index (χ2v) is 5.72. The van der Waals surface area contributed by atoms with Crippen LogP contribution >= 0.6 is 0 Å². The molecular formula is C18H24N4O. The number of aryl methyl sites for hydroxylation is 2. The number of amides is 1. The molecule has 0 spiro atoms. The van der Waals surface area contributed by atoms with Crippen molar-refractivity contribution in [1.82, 2.24) is 10.2 Å². The zero-order chi connectivity index (χ0) is 16.8. The number of hydrogen-bond acceptors (Lipinski definition) is 4. The first kappa shape index (κ1) is 16.9. The summed E-state index contributed by atoms with van der Waals surface area (Å²) in [5.41, 5.74) is 3.47. The molecule has 2 rings (SSSR count). The van der Waals surface area contributed by atoms with Crippen molar-refractivity contribution >= 4 is 17.4 Å². The standard InChI is InChI=1S/C18H24N4O/c1-5-13-8-7-9-14(6-2)17(13)20-18(23)15-10-11-16(22-21-15)19-12(3)4/h7-12H,5-6H2,1-4H3,(H,19,22)(H,20,23). The molecule has 122 valence electrons. The van der Waals surface area contributed by atoms with Crippen molar-refractivity contribution < 1.29 is 4.79 Å². The molecule has 23 heavy (non-hydrogen) atoms. The topological polar surface area (TPSA) is 66.9 Å². The fourth-order valence-electron chi connectivity index (χ4n) is 2.41. The number of benzene rings is 1. The van der Waals surface area contributed by atoms with Crippen LogP contribution in [0.4, 0.5) is 11.5 Å². The molecule has 1 amide bonds. The molecule has 2 N–H and O–H groups in total. The Balaban J connectivity index is 2.19. The maximum Gasteiger partial charge on any atom is 0.276 e. The summed E-state index contributed by atoms with van der Waals surface area (Å²) in [4.78, 5) is 12.4. The van der Waals surface area contributed by atoms with Gasteiger partial charge in [0.25, 0.3) is 5.91 Å².